The third-order valence-electron chi connectivity index (χ3n) is 2.41. The van der Waals surface area contributed by atoms with Crippen molar-refractivity contribution in [1.82, 2.24) is 5.01 Å². The van der Waals surface area contributed by atoms with Crippen LogP contribution in [0, 0.1) is 0 Å². The summed E-state index contributed by atoms with van der Waals surface area (Å²) in [6.07, 6.45) is 1.50. The van der Waals surface area contributed by atoms with Crippen molar-refractivity contribution in [3.05, 3.63) is 23.8 Å². The molecule has 1 aromatic rings. The van der Waals surface area contributed by atoms with Gasteiger partial charge in [0.25, 0.3) is 0 Å². The van der Waals surface area contributed by atoms with Gasteiger partial charge in [0.2, 0.25) is 0 Å². The van der Waals surface area contributed by atoms with E-state index >= 15 is 0 Å². The number of phenolic OH excluding ortho intramolecular Hbond substituents is 1. The van der Waals surface area contributed by atoms with Gasteiger partial charge in [-0.05, 0) is 45.1 Å². The summed E-state index contributed by atoms with van der Waals surface area (Å²) >= 11 is 4.96. The highest BCUT2D eigenvalue weighted by Gasteiger charge is 2.21. The second kappa shape index (κ2) is 5.88. The molecule has 0 saturated carbocycles. The molecule has 0 aliphatic rings. The molecule has 0 fully saturated rings. The molecule has 104 valence electrons. The van der Waals surface area contributed by atoms with Gasteiger partial charge < -0.3 is 15.6 Å². The van der Waals surface area contributed by atoms with Gasteiger partial charge in [0, 0.05) is 5.56 Å². The predicted molar refractivity (Wildman–Crippen MR) is 80.6 cm³/mol. The Hall–Kier alpha value is -1.82. The van der Waals surface area contributed by atoms with Crippen molar-refractivity contribution in [3.8, 4) is 11.5 Å². The summed E-state index contributed by atoms with van der Waals surface area (Å²) in [7, 11) is 1.49. The van der Waals surface area contributed by atoms with Crippen molar-refractivity contribution in [2.24, 2.45) is 10.8 Å². The van der Waals surface area contributed by atoms with Crippen LogP contribution in [-0.4, -0.2) is 34.1 Å². The largest absolute Gasteiger partial charge is 0.504 e. The van der Waals surface area contributed by atoms with Crippen molar-refractivity contribution in [3.63, 3.8) is 0 Å². The molecule has 0 aromatic heterocycles. The highest BCUT2D eigenvalue weighted by atomic mass is 32.1. The molecule has 3 N–H and O–H groups in total. The SMILES string of the molecule is COc1cccc(/C=N/N(C(N)=S)C(C)(C)C)c1O. The molecule has 0 unspecified atom stereocenters. The first-order chi connectivity index (χ1) is 8.77. The molecule has 0 aliphatic heterocycles. The highest BCUT2D eigenvalue weighted by Crippen LogP contribution is 2.28. The molecule has 0 aliphatic carbocycles. The van der Waals surface area contributed by atoms with Gasteiger partial charge in [0.1, 0.15) is 0 Å². The van der Waals surface area contributed by atoms with Crippen LogP contribution in [0.15, 0.2) is 23.3 Å². The normalized spacial score (nSPS) is 11.6. The molecule has 19 heavy (non-hydrogen) atoms. The van der Waals surface area contributed by atoms with Gasteiger partial charge in [-0.15, -0.1) is 0 Å². The first-order valence-electron chi connectivity index (χ1n) is 5.77. The fraction of sp³-hybridized carbons (Fsp3) is 0.385. The molecule has 1 rings (SSSR count). The number of nitrogens with zero attached hydrogens (tertiary/aromatic N) is 2. The number of para-hydroxylation sites is 1. The van der Waals surface area contributed by atoms with Gasteiger partial charge >= 0.3 is 0 Å². The zero-order chi connectivity index (χ0) is 14.6. The van der Waals surface area contributed by atoms with E-state index in [0.29, 0.717) is 11.3 Å². The van der Waals surface area contributed by atoms with E-state index in [0.717, 1.165) is 0 Å². The fourth-order valence-electron chi connectivity index (χ4n) is 1.49. The van der Waals surface area contributed by atoms with Gasteiger partial charge in [0.05, 0.1) is 18.9 Å². The molecule has 0 heterocycles. The van der Waals surface area contributed by atoms with Crippen molar-refractivity contribution in [2.75, 3.05) is 7.11 Å². The van der Waals surface area contributed by atoms with Crippen LogP contribution in [0.5, 0.6) is 11.5 Å². The van der Waals surface area contributed by atoms with Gasteiger partial charge in [-0.1, -0.05) is 6.07 Å². The standard InChI is InChI=1S/C13H19N3O2S/c1-13(2,3)16(12(14)19)15-8-9-6-5-7-10(18-4)11(9)17/h5-8,17H,1-4H3,(H2,14,19)/b15-8+. The number of hydrogen-bond donors (Lipinski definition) is 2. The average molecular weight is 281 g/mol. The number of thiocarbonyl (C=S) groups is 1. The number of hydrazone groups is 1. The lowest BCUT2D eigenvalue weighted by Crippen LogP contribution is -2.44. The number of hydrogen-bond acceptors (Lipinski definition) is 4. The fourth-order valence-corrected chi connectivity index (χ4v) is 1.81. The lowest BCUT2D eigenvalue weighted by molar-refractivity contribution is 0.250. The summed E-state index contributed by atoms with van der Waals surface area (Å²) in [5.41, 5.74) is 5.83. The lowest BCUT2D eigenvalue weighted by atomic mass is 10.1. The lowest BCUT2D eigenvalue weighted by Gasteiger charge is -2.31. The van der Waals surface area contributed by atoms with Crippen LogP contribution in [0.25, 0.3) is 0 Å². The second-order valence-corrected chi connectivity index (χ2v) is 5.38. The molecule has 0 spiro atoms. The summed E-state index contributed by atoms with van der Waals surface area (Å²) < 4.78 is 5.03. The van der Waals surface area contributed by atoms with E-state index in [1.807, 2.05) is 20.8 Å². The number of rotatable bonds is 3. The molecule has 1 aromatic carbocycles. The summed E-state index contributed by atoms with van der Waals surface area (Å²) in [4.78, 5) is 0. The van der Waals surface area contributed by atoms with E-state index in [4.69, 9.17) is 22.7 Å². The maximum atomic E-state index is 9.94. The summed E-state index contributed by atoms with van der Waals surface area (Å²) in [6.45, 7) is 5.82. The van der Waals surface area contributed by atoms with E-state index in [2.05, 4.69) is 5.10 Å². The minimum atomic E-state index is -0.336. The Morgan fingerprint density at radius 2 is 2.11 bits per heavy atom. The predicted octanol–water partition coefficient (Wildman–Crippen LogP) is 2.08. The van der Waals surface area contributed by atoms with E-state index in [-0.39, 0.29) is 16.4 Å². The number of phenols is 1. The van der Waals surface area contributed by atoms with Gasteiger partial charge in [0.15, 0.2) is 16.6 Å². The molecule has 0 radical (unpaired) electrons. The number of benzene rings is 1. The Balaban J connectivity index is 3.07. The molecular weight excluding hydrogens is 262 g/mol. The Morgan fingerprint density at radius 1 is 1.47 bits per heavy atom. The second-order valence-electron chi connectivity index (χ2n) is 4.96. The number of ether oxygens (including phenoxy) is 1. The quantitative estimate of drug-likeness (QED) is 0.504. The first kappa shape index (κ1) is 15.2. The smallest absolute Gasteiger partial charge is 0.187 e. The van der Waals surface area contributed by atoms with Crippen LogP contribution in [0.2, 0.25) is 0 Å². The van der Waals surface area contributed by atoms with Crippen molar-refractivity contribution >= 4 is 23.5 Å². The first-order valence-corrected chi connectivity index (χ1v) is 6.18. The van der Waals surface area contributed by atoms with Gasteiger partial charge in [-0.3, -0.25) is 0 Å². The molecule has 0 bridgehead atoms. The van der Waals surface area contributed by atoms with Crippen molar-refractivity contribution in [1.29, 1.82) is 0 Å². The number of methoxy groups -OCH3 is 1. The Bertz CT molecular complexity index is 495. The maximum absolute atomic E-state index is 9.94. The summed E-state index contributed by atoms with van der Waals surface area (Å²) in [5.74, 6) is 0.423. The molecule has 0 atom stereocenters. The van der Waals surface area contributed by atoms with E-state index < -0.39 is 0 Å². The monoisotopic (exact) mass is 281 g/mol. The van der Waals surface area contributed by atoms with Crippen molar-refractivity contribution in [2.45, 2.75) is 26.3 Å². The molecule has 0 saturated heterocycles. The van der Waals surface area contributed by atoms with Crippen LogP contribution >= 0.6 is 12.2 Å². The minimum Gasteiger partial charge on any atom is -0.504 e. The van der Waals surface area contributed by atoms with E-state index in [1.54, 1.807) is 18.2 Å². The zero-order valence-electron chi connectivity index (χ0n) is 11.5. The average Bonchev–Trinajstić information content (AvgIpc) is 2.29. The van der Waals surface area contributed by atoms with E-state index in [9.17, 15) is 5.11 Å². The van der Waals surface area contributed by atoms with Crippen molar-refractivity contribution < 1.29 is 9.84 Å². The third kappa shape index (κ3) is 3.82. The van der Waals surface area contributed by atoms with Crippen LogP contribution in [0.3, 0.4) is 0 Å². The molecule has 6 heteroatoms. The van der Waals surface area contributed by atoms with Crippen LogP contribution in [0.4, 0.5) is 0 Å². The molecular formula is C13H19N3O2S. The minimum absolute atomic E-state index is 0.0329. The van der Waals surface area contributed by atoms with Gasteiger partial charge in [-0.2, -0.15) is 5.10 Å². The highest BCUT2D eigenvalue weighted by molar-refractivity contribution is 7.80. The third-order valence-corrected chi connectivity index (χ3v) is 2.58. The van der Waals surface area contributed by atoms with Crippen LogP contribution in [0.1, 0.15) is 26.3 Å². The number of aromatic hydroxyl groups is 1. The topological polar surface area (TPSA) is 71.1 Å². The Kier molecular flexibility index (Phi) is 4.72. The van der Waals surface area contributed by atoms with E-state index in [1.165, 1.54) is 18.3 Å². The number of nitrogens with two attached hydrogens (primary N) is 1. The summed E-state index contributed by atoms with van der Waals surface area (Å²) in [5, 5.41) is 15.9. The Labute approximate surface area is 118 Å². The molecule has 5 nitrogen and oxygen atoms in total. The molecule has 0 amide bonds. The van der Waals surface area contributed by atoms with Gasteiger partial charge in [-0.25, -0.2) is 5.01 Å². The van der Waals surface area contributed by atoms with Crippen LogP contribution < -0.4 is 10.5 Å². The summed E-state index contributed by atoms with van der Waals surface area (Å²) in [6, 6.07) is 5.16. The maximum Gasteiger partial charge on any atom is 0.187 e. The zero-order valence-corrected chi connectivity index (χ0v) is 12.4. The Morgan fingerprint density at radius 3 is 2.58 bits per heavy atom. The van der Waals surface area contributed by atoms with Crippen LogP contribution in [-0.2, 0) is 0 Å².